The molecule has 1 heterocycles. The van der Waals surface area contributed by atoms with E-state index in [-0.39, 0.29) is 18.2 Å². The summed E-state index contributed by atoms with van der Waals surface area (Å²) in [7, 11) is -1.94. The highest BCUT2D eigenvalue weighted by atomic mass is 32.2. The number of hydrogen-bond acceptors (Lipinski definition) is 8. The molecule has 0 bridgehead atoms. The van der Waals surface area contributed by atoms with Gasteiger partial charge in [-0.1, -0.05) is 12.1 Å². The first-order chi connectivity index (χ1) is 13.4. The van der Waals surface area contributed by atoms with Gasteiger partial charge in [-0.05, 0) is 38.5 Å². The van der Waals surface area contributed by atoms with Gasteiger partial charge in [-0.25, -0.2) is 23.3 Å². The number of alkyl carbamates (subject to hydrolysis) is 1. The topological polar surface area (TPSA) is 146 Å². The molecule has 0 radical (unpaired) electrons. The first-order valence-electron chi connectivity index (χ1n) is 8.73. The number of sulfonamides is 1. The zero-order valence-electron chi connectivity index (χ0n) is 16.7. The summed E-state index contributed by atoms with van der Waals surface area (Å²) in [6, 6.07) is 8.01. The predicted molar refractivity (Wildman–Crippen MR) is 108 cm³/mol. The summed E-state index contributed by atoms with van der Waals surface area (Å²) in [6.07, 6.45) is -0.560. The fourth-order valence-electron chi connectivity index (χ4n) is 2.21. The zero-order valence-corrected chi connectivity index (χ0v) is 17.5. The number of aromatic nitrogens is 2. The molecule has 0 saturated carbocycles. The van der Waals surface area contributed by atoms with Crippen LogP contribution >= 0.6 is 0 Å². The maximum Gasteiger partial charge on any atom is 0.407 e. The number of rotatable bonds is 7. The molecule has 0 aliphatic carbocycles. The van der Waals surface area contributed by atoms with Gasteiger partial charge < -0.3 is 20.1 Å². The Morgan fingerprint density at radius 1 is 1.17 bits per heavy atom. The third-order valence-corrected chi connectivity index (χ3v) is 4.04. The minimum absolute atomic E-state index is 0.121. The average molecular weight is 423 g/mol. The Hall–Kier alpha value is -2.92. The largest absolute Gasteiger partial charge is 0.444 e. The highest BCUT2D eigenvalue weighted by Crippen LogP contribution is 2.22. The molecule has 0 saturated heterocycles. The Morgan fingerprint density at radius 2 is 1.83 bits per heavy atom. The molecule has 11 heteroatoms. The fraction of sp³-hybridized carbons (Fsp3) is 0.389. The van der Waals surface area contributed by atoms with E-state index in [4.69, 9.17) is 14.6 Å². The molecule has 0 aliphatic heterocycles. The smallest absolute Gasteiger partial charge is 0.407 e. The lowest BCUT2D eigenvalue weighted by Crippen LogP contribution is -2.32. The second kappa shape index (κ2) is 9.05. The number of carbonyl (C=O) groups is 1. The van der Waals surface area contributed by atoms with E-state index in [0.29, 0.717) is 23.0 Å². The van der Waals surface area contributed by atoms with E-state index in [2.05, 4.69) is 20.6 Å². The first kappa shape index (κ1) is 22.4. The van der Waals surface area contributed by atoms with Crippen LogP contribution in [-0.2, 0) is 27.1 Å². The quantitative estimate of drug-likeness (QED) is 0.614. The maximum atomic E-state index is 11.8. The third kappa shape index (κ3) is 8.32. The standard InChI is InChI=1S/C18H25N5O5S/c1-18(2,3)28-17(24)21-10-13-9-15(23-16(20-4)22-13)27-14-7-5-12(6-8-14)11-29(19,25)26/h5-9H,10-11H2,1-4H3,(H,21,24)(H2,19,25,26)(H,20,22,23). The Kier molecular flexibility index (Phi) is 6.98. The molecule has 1 amide bonds. The van der Waals surface area contributed by atoms with Gasteiger partial charge in [0.25, 0.3) is 0 Å². The van der Waals surface area contributed by atoms with E-state index in [1.54, 1.807) is 58.2 Å². The first-order valence-corrected chi connectivity index (χ1v) is 10.4. The van der Waals surface area contributed by atoms with Crippen molar-refractivity contribution in [3.05, 3.63) is 41.6 Å². The molecular formula is C18H25N5O5S. The van der Waals surface area contributed by atoms with Crippen molar-refractivity contribution in [3.8, 4) is 11.6 Å². The molecule has 0 atom stereocenters. The van der Waals surface area contributed by atoms with Crippen LogP contribution in [0.4, 0.5) is 10.7 Å². The van der Waals surface area contributed by atoms with Gasteiger partial charge in [0.1, 0.15) is 11.4 Å². The Labute approximate surface area is 169 Å². The molecule has 1 aromatic heterocycles. The Bertz CT molecular complexity index is 956. The van der Waals surface area contributed by atoms with Crippen LogP contribution in [-0.4, -0.2) is 37.1 Å². The summed E-state index contributed by atoms with van der Waals surface area (Å²) in [5, 5.41) is 10.5. The van der Waals surface area contributed by atoms with Crippen molar-refractivity contribution in [2.75, 3.05) is 12.4 Å². The molecule has 0 fully saturated rings. The third-order valence-electron chi connectivity index (χ3n) is 3.31. The average Bonchev–Trinajstić information content (AvgIpc) is 2.59. The van der Waals surface area contributed by atoms with Crippen LogP contribution in [0.25, 0.3) is 0 Å². The Balaban J connectivity index is 2.09. The highest BCUT2D eigenvalue weighted by Gasteiger charge is 2.16. The monoisotopic (exact) mass is 423 g/mol. The molecule has 0 spiro atoms. The van der Waals surface area contributed by atoms with Crippen molar-refractivity contribution in [2.24, 2.45) is 5.14 Å². The summed E-state index contributed by atoms with van der Waals surface area (Å²) >= 11 is 0. The number of ether oxygens (including phenoxy) is 2. The normalized spacial score (nSPS) is 11.6. The number of carbonyl (C=O) groups excluding carboxylic acids is 1. The summed E-state index contributed by atoms with van der Waals surface area (Å²) in [6.45, 7) is 5.44. The number of nitrogens with one attached hydrogen (secondary N) is 2. The van der Waals surface area contributed by atoms with Crippen LogP contribution < -0.4 is 20.5 Å². The SMILES string of the molecule is CNc1nc(CNC(=O)OC(C)(C)C)cc(Oc2ccc(CS(N)(=O)=O)cc2)n1. The van der Waals surface area contributed by atoms with E-state index in [0.717, 1.165) is 0 Å². The molecule has 158 valence electrons. The van der Waals surface area contributed by atoms with Crippen molar-refractivity contribution in [1.29, 1.82) is 0 Å². The molecule has 0 unspecified atom stereocenters. The van der Waals surface area contributed by atoms with Crippen LogP contribution in [0.15, 0.2) is 30.3 Å². The lowest BCUT2D eigenvalue weighted by atomic mass is 10.2. The molecule has 0 aliphatic rings. The number of nitrogens with zero attached hydrogens (tertiary/aromatic N) is 2. The lowest BCUT2D eigenvalue weighted by molar-refractivity contribution is 0.0522. The molecule has 1 aromatic carbocycles. The summed E-state index contributed by atoms with van der Waals surface area (Å²) in [5.74, 6) is 0.763. The van der Waals surface area contributed by atoms with Crippen molar-refractivity contribution < 1.29 is 22.7 Å². The van der Waals surface area contributed by atoms with Gasteiger partial charge in [-0.2, -0.15) is 4.98 Å². The predicted octanol–water partition coefficient (Wildman–Crippen LogP) is 2.12. The summed E-state index contributed by atoms with van der Waals surface area (Å²) < 4.78 is 33.2. The van der Waals surface area contributed by atoms with Crippen LogP contribution in [0.3, 0.4) is 0 Å². The van der Waals surface area contributed by atoms with Gasteiger partial charge >= 0.3 is 6.09 Å². The van der Waals surface area contributed by atoms with E-state index in [9.17, 15) is 13.2 Å². The van der Waals surface area contributed by atoms with Crippen molar-refractivity contribution in [1.82, 2.24) is 15.3 Å². The van der Waals surface area contributed by atoms with Crippen LogP contribution in [0.2, 0.25) is 0 Å². The van der Waals surface area contributed by atoms with Gasteiger partial charge in [-0.3, -0.25) is 0 Å². The van der Waals surface area contributed by atoms with E-state index < -0.39 is 21.7 Å². The molecular weight excluding hydrogens is 398 g/mol. The lowest BCUT2D eigenvalue weighted by Gasteiger charge is -2.19. The number of anilines is 1. The molecule has 2 rings (SSSR count). The molecule has 2 aromatic rings. The van der Waals surface area contributed by atoms with E-state index in [1.807, 2.05) is 0 Å². The van der Waals surface area contributed by atoms with Gasteiger partial charge in [0.2, 0.25) is 21.9 Å². The van der Waals surface area contributed by atoms with Gasteiger partial charge in [0.15, 0.2) is 0 Å². The highest BCUT2D eigenvalue weighted by molar-refractivity contribution is 7.88. The molecule has 10 nitrogen and oxygen atoms in total. The number of benzene rings is 1. The van der Waals surface area contributed by atoms with Crippen molar-refractivity contribution in [3.63, 3.8) is 0 Å². The number of amides is 1. The van der Waals surface area contributed by atoms with Crippen LogP contribution in [0.1, 0.15) is 32.0 Å². The van der Waals surface area contributed by atoms with E-state index >= 15 is 0 Å². The minimum atomic E-state index is -3.60. The van der Waals surface area contributed by atoms with Gasteiger partial charge in [0, 0.05) is 13.1 Å². The molecule has 4 N–H and O–H groups in total. The fourth-order valence-corrected chi connectivity index (χ4v) is 2.87. The second-order valence-corrected chi connectivity index (χ2v) is 8.79. The number of primary sulfonamides is 1. The number of hydrogen-bond donors (Lipinski definition) is 3. The molecule has 29 heavy (non-hydrogen) atoms. The zero-order chi connectivity index (χ0) is 21.7. The second-order valence-electron chi connectivity index (χ2n) is 7.18. The summed E-state index contributed by atoms with van der Waals surface area (Å²) in [4.78, 5) is 20.3. The maximum absolute atomic E-state index is 11.8. The Morgan fingerprint density at radius 3 is 2.38 bits per heavy atom. The van der Waals surface area contributed by atoms with Crippen LogP contribution in [0.5, 0.6) is 11.6 Å². The van der Waals surface area contributed by atoms with Crippen molar-refractivity contribution >= 4 is 22.1 Å². The van der Waals surface area contributed by atoms with Crippen LogP contribution in [0, 0.1) is 0 Å². The number of nitrogens with two attached hydrogens (primary N) is 1. The minimum Gasteiger partial charge on any atom is -0.444 e. The van der Waals surface area contributed by atoms with Gasteiger partial charge in [0.05, 0.1) is 18.0 Å². The van der Waals surface area contributed by atoms with Crippen molar-refractivity contribution in [2.45, 2.75) is 38.7 Å². The summed E-state index contributed by atoms with van der Waals surface area (Å²) in [5.41, 5.74) is 0.451. The van der Waals surface area contributed by atoms with Gasteiger partial charge in [-0.15, -0.1) is 0 Å². The van der Waals surface area contributed by atoms with E-state index in [1.165, 1.54) is 0 Å².